The molecule has 1 fully saturated rings. The summed E-state index contributed by atoms with van der Waals surface area (Å²) in [7, 11) is 0. The van der Waals surface area contributed by atoms with E-state index in [4.69, 9.17) is 5.73 Å². The Bertz CT molecular complexity index is 1410. The van der Waals surface area contributed by atoms with Crippen molar-refractivity contribution in [2.75, 3.05) is 0 Å². The Morgan fingerprint density at radius 1 is 1.09 bits per heavy atom. The highest BCUT2D eigenvalue weighted by atomic mass is 16.3. The van der Waals surface area contributed by atoms with Crippen LogP contribution in [0.3, 0.4) is 0 Å². The van der Waals surface area contributed by atoms with Crippen molar-refractivity contribution >= 4 is 29.3 Å². The Morgan fingerprint density at radius 2 is 1.83 bits per heavy atom. The van der Waals surface area contributed by atoms with Crippen molar-refractivity contribution in [3.8, 4) is 16.9 Å². The maximum absolute atomic E-state index is 13.5. The van der Waals surface area contributed by atoms with Gasteiger partial charge in [-0.05, 0) is 71.6 Å². The Labute approximate surface area is 201 Å². The maximum atomic E-state index is 13.5. The maximum Gasteiger partial charge on any atom is 0.255 e. The lowest BCUT2D eigenvalue weighted by Gasteiger charge is -2.41. The van der Waals surface area contributed by atoms with E-state index in [1.54, 1.807) is 12.1 Å². The number of carbonyl (C=O) groups excluding carboxylic acids is 3. The summed E-state index contributed by atoms with van der Waals surface area (Å²) < 4.78 is 0. The van der Waals surface area contributed by atoms with E-state index in [9.17, 15) is 29.7 Å². The Balaban J connectivity index is 1.69. The van der Waals surface area contributed by atoms with Crippen LogP contribution in [-0.4, -0.2) is 32.8 Å². The number of fused-ring (bicyclic) bond motifs is 3. The average Bonchev–Trinajstić information content (AvgIpc) is 2.79. The molecular formula is C28H25NO6. The molecule has 0 heterocycles. The third kappa shape index (κ3) is 3.30. The Kier molecular flexibility index (Phi) is 5.16. The first-order valence-corrected chi connectivity index (χ1v) is 11.5. The number of phenols is 1. The van der Waals surface area contributed by atoms with Gasteiger partial charge in [-0.25, -0.2) is 0 Å². The molecule has 3 aliphatic carbocycles. The van der Waals surface area contributed by atoms with E-state index in [-0.39, 0.29) is 29.1 Å². The van der Waals surface area contributed by atoms with E-state index >= 15 is 0 Å². The first-order valence-electron chi connectivity index (χ1n) is 11.5. The Morgan fingerprint density at radius 3 is 2.51 bits per heavy atom. The number of hydrogen-bond acceptors (Lipinski definition) is 6. The van der Waals surface area contributed by atoms with Gasteiger partial charge < -0.3 is 21.1 Å². The molecule has 1 saturated carbocycles. The first-order chi connectivity index (χ1) is 16.6. The minimum atomic E-state index is -1.12. The lowest BCUT2D eigenvalue weighted by molar-refractivity contribution is -0.127. The number of aliphatic hydroxyl groups is 2. The number of aryl methyl sites for hydroxylation is 1. The number of Topliss-reactive ketones (excluding diaryl/α,β-unsaturated/α-hetero) is 2. The van der Waals surface area contributed by atoms with Crippen LogP contribution in [0.2, 0.25) is 0 Å². The number of phenolic OH excluding ortho intramolecular Hbond substituents is 1. The van der Waals surface area contributed by atoms with Crippen LogP contribution in [0.25, 0.3) is 23.0 Å². The SMILES string of the molecule is C=Cc1ccc(C)c(-c2ccc(O)c3c2C[C@H]2C[C@H]4CC(=O)C(C(N)=O)=C(O)C4C(=O)C2=C3O)c1. The van der Waals surface area contributed by atoms with Crippen molar-refractivity contribution in [3.05, 3.63) is 76.1 Å². The van der Waals surface area contributed by atoms with Crippen molar-refractivity contribution in [3.63, 3.8) is 0 Å². The van der Waals surface area contributed by atoms with E-state index in [0.717, 1.165) is 22.3 Å². The van der Waals surface area contributed by atoms with Crippen LogP contribution in [0.1, 0.15) is 35.1 Å². The number of hydrogen-bond donors (Lipinski definition) is 4. The first kappa shape index (κ1) is 22.7. The molecule has 5 N–H and O–H groups in total. The molecule has 7 heteroatoms. The number of allylic oxidation sites excluding steroid dienone is 2. The summed E-state index contributed by atoms with van der Waals surface area (Å²) >= 11 is 0. The van der Waals surface area contributed by atoms with Crippen molar-refractivity contribution in [1.29, 1.82) is 0 Å². The van der Waals surface area contributed by atoms with Crippen LogP contribution >= 0.6 is 0 Å². The fraction of sp³-hybridized carbons (Fsp3) is 0.250. The largest absolute Gasteiger partial charge is 0.511 e. The van der Waals surface area contributed by atoms with Gasteiger partial charge in [0.15, 0.2) is 11.6 Å². The molecular weight excluding hydrogens is 446 g/mol. The summed E-state index contributed by atoms with van der Waals surface area (Å²) in [4.78, 5) is 37.7. The molecule has 178 valence electrons. The summed E-state index contributed by atoms with van der Waals surface area (Å²) in [6.45, 7) is 5.80. The van der Waals surface area contributed by atoms with Gasteiger partial charge >= 0.3 is 0 Å². The average molecular weight is 472 g/mol. The number of benzene rings is 2. The van der Waals surface area contributed by atoms with Gasteiger partial charge in [-0.1, -0.05) is 30.9 Å². The van der Waals surface area contributed by atoms with Crippen LogP contribution in [0, 0.1) is 24.7 Å². The molecule has 2 aromatic carbocycles. The third-order valence-electron chi connectivity index (χ3n) is 7.56. The molecule has 0 spiro atoms. The fourth-order valence-electron chi connectivity index (χ4n) is 5.95. The number of aliphatic hydroxyl groups excluding tert-OH is 2. The molecule has 3 aliphatic rings. The number of primary amides is 1. The molecule has 0 bridgehead atoms. The third-order valence-corrected chi connectivity index (χ3v) is 7.56. The van der Waals surface area contributed by atoms with Crippen molar-refractivity contribution in [2.24, 2.45) is 23.5 Å². The van der Waals surface area contributed by atoms with Gasteiger partial charge in [0, 0.05) is 12.0 Å². The normalized spacial score (nSPS) is 23.5. The zero-order valence-electron chi connectivity index (χ0n) is 19.2. The van der Waals surface area contributed by atoms with E-state index < -0.39 is 46.6 Å². The van der Waals surface area contributed by atoms with Crippen LogP contribution in [-0.2, 0) is 20.8 Å². The second-order valence-electron chi connectivity index (χ2n) is 9.52. The molecule has 3 atom stereocenters. The number of rotatable bonds is 3. The molecule has 7 nitrogen and oxygen atoms in total. The number of carbonyl (C=O) groups is 3. The van der Waals surface area contributed by atoms with Crippen LogP contribution in [0.4, 0.5) is 0 Å². The fourth-order valence-corrected chi connectivity index (χ4v) is 5.95. The molecule has 0 aliphatic heterocycles. The number of amides is 1. The van der Waals surface area contributed by atoms with Crippen molar-refractivity contribution < 1.29 is 29.7 Å². The van der Waals surface area contributed by atoms with E-state index in [0.29, 0.717) is 18.4 Å². The molecule has 1 amide bonds. The quantitative estimate of drug-likeness (QED) is 0.501. The smallest absolute Gasteiger partial charge is 0.255 e. The van der Waals surface area contributed by atoms with Gasteiger partial charge in [0.1, 0.15) is 22.8 Å². The van der Waals surface area contributed by atoms with Gasteiger partial charge in [0.25, 0.3) is 5.91 Å². The molecule has 1 unspecified atom stereocenters. The molecule has 5 rings (SSSR count). The minimum Gasteiger partial charge on any atom is -0.511 e. The topological polar surface area (TPSA) is 138 Å². The second kappa shape index (κ2) is 7.98. The lowest BCUT2D eigenvalue weighted by atomic mass is 9.61. The number of nitrogens with two attached hydrogens (primary N) is 1. The second-order valence-corrected chi connectivity index (χ2v) is 9.52. The van der Waals surface area contributed by atoms with Crippen LogP contribution in [0.5, 0.6) is 5.75 Å². The minimum absolute atomic E-state index is 0.0798. The van der Waals surface area contributed by atoms with E-state index in [2.05, 4.69) is 6.58 Å². The number of aromatic hydroxyl groups is 1. The van der Waals surface area contributed by atoms with Gasteiger partial charge in [0.05, 0.1) is 11.5 Å². The highest BCUT2D eigenvalue weighted by Crippen LogP contribution is 2.51. The van der Waals surface area contributed by atoms with E-state index in [1.807, 2.05) is 25.1 Å². The highest BCUT2D eigenvalue weighted by Gasteiger charge is 2.51. The standard InChI is InChI=1S/C28H25NO6/c1-3-13-5-4-12(2)17(8-13)16-6-7-19(30)23-18(16)10-14-9-15-11-20(31)24(28(29)35)27(34)22(15)25(32)21(14)26(23)33/h3-8,14-15,22,30,33-34H,1,9-11H2,2H3,(H2,29,35)/t14-,15+,22?/m1/s1. The molecule has 0 aromatic heterocycles. The Hall–Kier alpha value is -4.13. The molecule has 0 saturated heterocycles. The van der Waals surface area contributed by atoms with Gasteiger partial charge in [-0.2, -0.15) is 0 Å². The number of ketones is 2. The zero-order valence-corrected chi connectivity index (χ0v) is 19.2. The summed E-state index contributed by atoms with van der Waals surface area (Å²) in [5.74, 6) is -5.35. The zero-order chi connectivity index (χ0) is 25.2. The summed E-state index contributed by atoms with van der Waals surface area (Å²) in [6, 6.07) is 9.20. The van der Waals surface area contributed by atoms with Crippen LogP contribution in [0.15, 0.2) is 53.8 Å². The lowest BCUT2D eigenvalue weighted by Crippen LogP contribution is -2.44. The molecule has 35 heavy (non-hydrogen) atoms. The summed E-state index contributed by atoms with van der Waals surface area (Å²) in [5.41, 5.74) is 9.42. The summed E-state index contributed by atoms with van der Waals surface area (Å²) in [6.07, 6.45) is 2.39. The predicted octanol–water partition coefficient (Wildman–Crippen LogP) is 3.93. The van der Waals surface area contributed by atoms with Gasteiger partial charge in [-0.15, -0.1) is 0 Å². The van der Waals surface area contributed by atoms with E-state index in [1.165, 1.54) is 6.07 Å². The van der Waals surface area contributed by atoms with Crippen molar-refractivity contribution in [1.82, 2.24) is 0 Å². The van der Waals surface area contributed by atoms with Gasteiger partial charge in [0.2, 0.25) is 0 Å². The predicted molar refractivity (Wildman–Crippen MR) is 130 cm³/mol. The highest BCUT2D eigenvalue weighted by molar-refractivity contribution is 6.21. The monoisotopic (exact) mass is 471 g/mol. The van der Waals surface area contributed by atoms with Crippen LogP contribution < -0.4 is 5.73 Å². The molecule has 0 radical (unpaired) electrons. The van der Waals surface area contributed by atoms with Gasteiger partial charge in [-0.3, -0.25) is 14.4 Å². The van der Waals surface area contributed by atoms with Crippen molar-refractivity contribution in [2.45, 2.75) is 26.2 Å². The summed E-state index contributed by atoms with van der Waals surface area (Å²) in [5, 5.41) is 32.6. The molecule has 2 aromatic rings.